The van der Waals surface area contributed by atoms with Gasteiger partial charge in [0.1, 0.15) is 0 Å². The lowest BCUT2D eigenvalue weighted by molar-refractivity contribution is 0.199. The molecule has 0 radical (unpaired) electrons. The van der Waals surface area contributed by atoms with Crippen molar-refractivity contribution in [2.24, 2.45) is 0 Å². The Balaban J connectivity index is 2.38. The molecule has 0 aliphatic carbocycles. The molecule has 1 heterocycles. The van der Waals surface area contributed by atoms with Crippen molar-refractivity contribution in [2.75, 3.05) is 5.75 Å². The van der Waals surface area contributed by atoms with Gasteiger partial charge in [-0.2, -0.15) is 0 Å². The van der Waals surface area contributed by atoms with Gasteiger partial charge in [0.25, 0.3) is 5.17 Å². The summed E-state index contributed by atoms with van der Waals surface area (Å²) in [5, 5.41) is 4.31. The van der Waals surface area contributed by atoms with Gasteiger partial charge in [0.05, 0.1) is 17.9 Å². The third kappa shape index (κ3) is 4.17. The van der Waals surface area contributed by atoms with E-state index in [1.165, 1.54) is 5.41 Å². The lowest BCUT2D eigenvalue weighted by Crippen LogP contribution is -2.37. The molecule has 1 aliphatic heterocycles. The van der Waals surface area contributed by atoms with Crippen molar-refractivity contribution in [3.05, 3.63) is 11.5 Å². The van der Waals surface area contributed by atoms with E-state index in [2.05, 4.69) is 5.32 Å². The molecule has 0 amide bonds. The molecule has 0 unspecified atom stereocenters. The summed E-state index contributed by atoms with van der Waals surface area (Å²) < 4.78 is 27.5. The normalized spacial score (nSPS) is 24.8. The number of hydrogen-bond acceptors (Lipinski definition) is 4. The van der Waals surface area contributed by atoms with Crippen LogP contribution in [-0.2, 0) is 14.6 Å². The van der Waals surface area contributed by atoms with E-state index in [9.17, 15) is 8.42 Å². The molecule has 1 N–H and O–H groups in total. The second kappa shape index (κ2) is 4.94. The number of nitrogens with one attached hydrogen (secondary N) is 1. The van der Waals surface area contributed by atoms with Crippen molar-refractivity contribution in [2.45, 2.75) is 32.4 Å². The van der Waals surface area contributed by atoms with E-state index in [-0.39, 0.29) is 23.1 Å². The van der Waals surface area contributed by atoms with Crippen LogP contribution in [0.25, 0.3) is 0 Å². The van der Waals surface area contributed by atoms with Crippen LogP contribution in [0.15, 0.2) is 11.5 Å². The zero-order chi connectivity index (χ0) is 11.5. The van der Waals surface area contributed by atoms with Crippen LogP contribution in [0.2, 0.25) is 0 Å². The lowest BCUT2D eigenvalue weighted by Gasteiger charge is -2.16. The molecule has 0 fully saturated rings. The quantitative estimate of drug-likeness (QED) is 0.756. The molecule has 4 nitrogen and oxygen atoms in total. The molecular formula is C9H15NO3S2. The van der Waals surface area contributed by atoms with Crippen LogP contribution in [0.3, 0.4) is 0 Å². The predicted molar refractivity (Wildman–Crippen MR) is 63.3 cm³/mol. The molecule has 1 aliphatic rings. The van der Waals surface area contributed by atoms with E-state index in [1.807, 2.05) is 13.8 Å². The topological polar surface area (TPSA) is 55.4 Å². The van der Waals surface area contributed by atoms with Gasteiger partial charge in [0.15, 0.2) is 9.84 Å². The smallest absolute Gasteiger partial charge is 0.257 e. The van der Waals surface area contributed by atoms with E-state index in [1.54, 1.807) is 6.08 Å². The minimum absolute atomic E-state index is 0.0481. The van der Waals surface area contributed by atoms with E-state index in [0.717, 1.165) is 6.42 Å². The molecule has 0 aromatic carbocycles. The summed E-state index contributed by atoms with van der Waals surface area (Å²) in [6.45, 7) is 3.91. The van der Waals surface area contributed by atoms with Crippen molar-refractivity contribution in [3.63, 3.8) is 0 Å². The Bertz CT molecular complexity index is 362. The monoisotopic (exact) mass is 249 g/mol. The standard InChI is InChI=1S/C9H15NO3S2/c1-3-7(2)13-9(14)10-8-4-5-15(11,12)6-8/h4-5,7-8H,3,6H2,1-2H3,(H,10,14)/t7-,8-/m1/s1. The Morgan fingerprint density at radius 3 is 2.87 bits per heavy atom. The SMILES string of the molecule is CC[C@@H](C)OC(=S)N[C@@H]1C=CS(=O)(=O)C1. The Hall–Kier alpha value is -0.620. The summed E-state index contributed by atoms with van der Waals surface area (Å²) >= 11 is 4.95. The summed E-state index contributed by atoms with van der Waals surface area (Å²) in [5.74, 6) is 0.0526. The molecule has 0 saturated heterocycles. The second-order valence-electron chi connectivity index (χ2n) is 3.53. The number of sulfone groups is 1. The zero-order valence-electron chi connectivity index (χ0n) is 8.76. The molecule has 15 heavy (non-hydrogen) atoms. The third-order valence-corrected chi connectivity index (χ3v) is 3.73. The average Bonchev–Trinajstić information content (AvgIpc) is 2.44. The lowest BCUT2D eigenvalue weighted by atomic mass is 10.3. The van der Waals surface area contributed by atoms with Crippen LogP contribution >= 0.6 is 12.2 Å². The van der Waals surface area contributed by atoms with Crippen LogP contribution < -0.4 is 5.32 Å². The first-order valence-corrected chi connectivity index (χ1v) is 6.93. The summed E-state index contributed by atoms with van der Waals surface area (Å²) in [4.78, 5) is 0. The van der Waals surface area contributed by atoms with Crippen molar-refractivity contribution in [1.29, 1.82) is 0 Å². The molecule has 2 atom stereocenters. The molecule has 6 heteroatoms. The van der Waals surface area contributed by atoms with Gasteiger partial charge < -0.3 is 10.1 Å². The first-order chi connectivity index (χ1) is 6.93. The maximum Gasteiger partial charge on any atom is 0.257 e. The Morgan fingerprint density at radius 2 is 2.40 bits per heavy atom. The highest BCUT2D eigenvalue weighted by atomic mass is 32.2. The summed E-state index contributed by atoms with van der Waals surface area (Å²) in [5.41, 5.74) is 0. The van der Waals surface area contributed by atoms with Gasteiger partial charge in [-0.15, -0.1) is 0 Å². The maximum atomic E-state index is 11.1. The highest BCUT2D eigenvalue weighted by molar-refractivity contribution is 7.94. The minimum atomic E-state index is -3.03. The first-order valence-electron chi connectivity index (χ1n) is 4.81. The van der Waals surface area contributed by atoms with Crippen molar-refractivity contribution >= 4 is 27.2 Å². The van der Waals surface area contributed by atoms with E-state index < -0.39 is 9.84 Å². The van der Waals surface area contributed by atoms with Crippen molar-refractivity contribution in [1.82, 2.24) is 5.32 Å². The van der Waals surface area contributed by atoms with E-state index >= 15 is 0 Å². The van der Waals surface area contributed by atoms with Crippen LogP contribution in [0.4, 0.5) is 0 Å². The molecule has 0 aromatic rings. The van der Waals surface area contributed by atoms with Gasteiger partial charge >= 0.3 is 0 Å². The van der Waals surface area contributed by atoms with Gasteiger partial charge in [-0.3, -0.25) is 0 Å². The van der Waals surface area contributed by atoms with Gasteiger partial charge in [-0.05, 0) is 31.6 Å². The first kappa shape index (κ1) is 12.4. The zero-order valence-corrected chi connectivity index (χ0v) is 10.4. The van der Waals surface area contributed by atoms with Crippen LogP contribution in [0, 0.1) is 0 Å². The fraction of sp³-hybridized carbons (Fsp3) is 0.667. The van der Waals surface area contributed by atoms with Crippen molar-refractivity contribution < 1.29 is 13.2 Å². The Labute approximate surface area is 95.6 Å². The van der Waals surface area contributed by atoms with Gasteiger partial charge in [0.2, 0.25) is 0 Å². The van der Waals surface area contributed by atoms with Gasteiger partial charge in [-0.25, -0.2) is 8.42 Å². The minimum Gasteiger partial charge on any atom is -0.468 e. The van der Waals surface area contributed by atoms with Gasteiger partial charge in [-0.1, -0.05) is 6.92 Å². The number of ether oxygens (including phenoxy) is 1. The number of rotatable bonds is 3. The van der Waals surface area contributed by atoms with Crippen molar-refractivity contribution in [3.8, 4) is 0 Å². The molecule has 0 bridgehead atoms. The molecule has 0 spiro atoms. The fourth-order valence-electron chi connectivity index (χ4n) is 1.12. The average molecular weight is 249 g/mol. The summed E-state index contributed by atoms with van der Waals surface area (Å²) in [7, 11) is -3.03. The highest BCUT2D eigenvalue weighted by Crippen LogP contribution is 2.08. The molecule has 0 saturated carbocycles. The summed E-state index contributed by atoms with van der Waals surface area (Å²) in [6, 6.07) is -0.258. The van der Waals surface area contributed by atoms with Crippen LogP contribution in [0.1, 0.15) is 20.3 Å². The third-order valence-electron chi connectivity index (χ3n) is 2.12. The fourth-order valence-corrected chi connectivity index (χ4v) is 2.67. The van der Waals surface area contributed by atoms with Crippen LogP contribution in [-0.4, -0.2) is 31.5 Å². The summed E-state index contributed by atoms with van der Waals surface area (Å²) in [6.07, 6.45) is 2.49. The largest absolute Gasteiger partial charge is 0.468 e. The molecular weight excluding hydrogens is 234 g/mol. The van der Waals surface area contributed by atoms with Crippen LogP contribution in [0.5, 0.6) is 0 Å². The molecule has 0 aromatic heterocycles. The number of hydrogen-bond donors (Lipinski definition) is 1. The van der Waals surface area contributed by atoms with E-state index in [0.29, 0.717) is 0 Å². The van der Waals surface area contributed by atoms with Gasteiger partial charge in [0, 0.05) is 5.41 Å². The maximum absolute atomic E-state index is 11.1. The second-order valence-corrected chi connectivity index (χ2v) is 5.84. The van der Waals surface area contributed by atoms with E-state index in [4.69, 9.17) is 17.0 Å². The molecule has 86 valence electrons. The molecule has 1 rings (SSSR count). The Morgan fingerprint density at radius 1 is 1.73 bits per heavy atom. The predicted octanol–water partition coefficient (Wildman–Crippen LogP) is 0.987. The number of thiocarbonyl (C=S) groups is 1. The highest BCUT2D eigenvalue weighted by Gasteiger charge is 2.22. The Kier molecular flexibility index (Phi) is 4.10.